The molecule has 0 saturated heterocycles. The van der Waals surface area contributed by atoms with Gasteiger partial charge in [-0.15, -0.1) is 11.3 Å². The Balaban J connectivity index is 2.24. The van der Waals surface area contributed by atoms with E-state index in [4.69, 9.17) is 5.73 Å². The van der Waals surface area contributed by atoms with E-state index in [2.05, 4.69) is 46.4 Å². The van der Waals surface area contributed by atoms with Gasteiger partial charge in [0.15, 0.2) is 0 Å². The molecule has 136 valence electrons. The summed E-state index contributed by atoms with van der Waals surface area (Å²) in [5.74, 6) is -0.737. The van der Waals surface area contributed by atoms with Gasteiger partial charge in [0.2, 0.25) is 5.91 Å². The summed E-state index contributed by atoms with van der Waals surface area (Å²) in [6, 6.07) is 8.23. The van der Waals surface area contributed by atoms with Crippen LogP contribution in [0.25, 0.3) is 0 Å². The molecule has 1 amide bonds. The van der Waals surface area contributed by atoms with Gasteiger partial charge in [0.25, 0.3) is 0 Å². The smallest absolute Gasteiger partial charge is 0.222 e. The number of benzene rings is 1. The monoisotopic (exact) mass is 368 g/mol. The lowest BCUT2D eigenvalue weighted by molar-refractivity contribution is -0.122. The summed E-state index contributed by atoms with van der Waals surface area (Å²) in [5, 5.41) is 11.6. The van der Waals surface area contributed by atoms with Crippen LogP contribution in [0.15, 0.2) is 46.0 Å². The number of hydrogen-bond acceptors (Lipinski definition) is 5. The average molecular weight is 369 g/mol. The molecule has 0 bridgehead atoms. The van der Waals surface area contributed by atoms with Gasteiger partial charge in [0.1, 0.15) is 10.7 Å². The van der Waals surface area contributed by atoms with Gasteiger partial charge < -0.3 is 5.73 Å². The number of carbonyl (C=O) groups excluding carboxylic acids is 1. The van der Waals surface area contributed by atoms with Crippen LogP contribution in [0.2, 0.25) is 0 Å². The molecule has 26 heavy (non-hydrogen) atoms. The van der Waals surface area contributed by atoms with Gasteiger partial charge in [-0.05, 0) is 25.8 Å². The van der Waals surface area contributed by atoms with E-state index in [1.54, 1.807) is 6.20 Å². The lowest BCUT2D eigenvalue weighted by Gasteiger charge is -2.37. The highest BCUT2D eigenvalue weighted by atomic mass is 32.1. The highest BCUT2D eigenvalue weighted by Gasteiger charge is 2.53. The van der Waals surface area contributed by atoms with Crippen molar-refractivity contribution in [2.24, 2.45) is 21.9 Å². The largest absolute Gasteiger partial charge is 0.369 e. The Hall–Kier alpha value is -2.34. The number of amides is 1. The molecule has 2 aromatic rings. The second-order valence-corrected chi connectivity index (χ2v) is 7.64. The minimum Gasteiger partial charge on any atom is -0.369 e. The summed E-state index contributed by atoms with van der Waals surface area (Å²) in [6.45, 7) is 6.10. The number of hydrogen-bond donors (Lipinski definition) is 1. The molecule has 1 aliphatic heterocycles. The lowest BCUT2D eigenvalue weighted by atomic mass is 9.62. The number of aromatic nitrogens is 1. The van der Waals surface area contributed by atoms with Crippen LogP contribution in [0.4, 0.5) is 0 Å². The van der Waals surface area contributed by atoms with E-state index in [0.29, 0.717) is 6.42 Å². The minimum atomic E-state index is -0.757. The van der Waals surface area contributed by atoms with E-state index in [9.17, 15) is 4.79 Å². The number of nitrogens with zero attached hydrogens (tertiary/aromatic N) is 3. The normalized spacial score (nSPS) is 20.6. The molecular weight excluding hydrogens is 344 g/mol. The van der Waals surface area contributed by atoms with E-state index in [1.807, 2.05) is 19.2 Å². The number of nitrogens with two attached hydrogens (primary N) is 1. The number of unbranched alkanes of at least 4 members (excludes halogenated alkanes) is 1. The second-order valence-electron chi connectivity index (χ2n) is 6.74. The quantitative estimate of drug-likeness (QED) is 0.805. The Kier molecular flexibility index (Phi) is 5.32. The summed E-state index contributed by atoms with van der Waals surface area (Å²) in [7, 11) is 0. The van der Waals surface area contributed by atoms with E-state index >= 15 is 0 Å². The van der Waals surface area contributed by atoms with E-state index in [-0.39, 0.29) is 5.91 Å². The van der Waals surface area contributed by atoms with E-state index in [1.165, 1.54) is 11.3 Å². The van der Waals surface area contributed by atoms with Gasteiger partial charge in [-0.1, -0.05) is 49.6 Å². The van der Waals surface area contributed by atoms with Crippen molar-refractivity contribution >= 4 is 28.7 Å². The standard InChI is InChI=1S/C20H24N4OS/c1-4-5-6-16(18(21)25)20(15-9-7-13(2)8-10-15)14(3)23-24-17(20)19-22-11-12-26-19/h7-12,16H,4-6H2,1-3H3,(H2,21,25). The van der Waals surface area contributed by atoms with Crippen molar-refractivity contribution in [2.45, 2.75) is 45.4 Å². The Bertz CT molecular complexity index is 839. The van der Waals surface area contributed by atoms with Gasteiger partial charge in [-0.3, -0.25) is 4.79 Å². The molecule has 0 aliphatic carbocycles. The molecule has 2 unspecified atom stereocenters. The third kappa shape index (κ3) is 2.98. The molecule has 2 heterocycles. The van der Waals surface area contributed by atoms with Crippen LogP contribution in [-0.2, 0) is 10.2 Å². The maximum Gasteiger partial charge on any atom is 0.222 e. The fourth-order valence-electron chi connectivity index (χ4n) is 3.77. The van der Waals surface area contributed by atoms with Crippen molar-refractivity contribution in [3.63, 3.8) is 0 Å². The molecule has 2 N–H and O–H groups in total. The second kappa shape index (κ2) is 7.50. The van der Waals surface area contributed by atoms with Crippen LogP contribution in [0, 0.1) is 12.8 Å². The summed E-state index contributed by atoms with van der Waals surface area (Å²) < 4.78 is 0. The summed E-state index contributed by atoms with van der Waals surface area (Å²) in [4.78, 5) is 17.0. The van der Waals surface area contributed by atoms with Crippen molar-refractivity contribution in [3.05, 3.63) is 52.0 Å². The molecular formula is C20H24N4OS. The first-order valence-electron chi connectivity index (χ1n) is 8.91. The summed E-state index contributed by atoms with van der Waals surface area (Å²) >= 11 is 1.51. The molecule has 6 heteroatoms. The highest BCUT2D eigenvalue weighted by Crippen LogP contribution is 2.43. The first-order chi connectivity index (χ1) is 12.5. The first kappa shape index (κ1) is 18.5. The molecule has 1 aromatic heterocycles. The zero-order valence-electron chi connectivity index (χ0n) is 15.4. The van der Waals surface area contributed by atoms with Gasteiger partial charge in [-0.25, -0.2) is 4.98 Å². The highest BCUT2D eigenvalue weighted by molar-refractivity contribution is 7.11. The molecule has 3 rings (SSSR count). The molecule has 1 aromatic carbocycles. The van der Waals surface area contributed by atoms with Crippen LogP contribution in [0.1, 0.15) is 49.2 Å². The SMILES string of the molecule is CCCCC(C(N)=O)C1(c2ccc(C)cc2)C(C)=NN=C1c1nccs1. The molecule has 0 fully saturated rings. The maximum atomic E-state index is 12.6. The molecule has 1 aliphatic rings. The average Bonchev–Trinajstić information content (AvgIpc) is 3.25. The minimum absolute atomic E-state index is 0.320. The van der Waals surface area contributed by atoms with Crippen LogP contribution >= 0.6 is 11.3 Å². The Labute approximate surface area is 158 Å². The zero-order valence-corrected chi connectivity index (χ0v) is 16.2. The number of rotatable bonds is 7. The topological polar surface area (TPSA) is 80.7 Å². The van der Waals surface area contributed by atoms with E-state index < -0.39 is 11.3 Å². The fraction of sp³-hybridized carbons (Fsp3) is 0.400. The summed E-state index contributed by atoms with van der Waals surface area (Å²) in [5.41, 5.74) is 8.85. The van der Waals surface area contributed by atoms with Crippen LogP contribution in [0.5, 0.6) is 0 Å². The Morgan fingerprint density at radius 2 is 1.96 bits per heavy atom. The van der Waals surface area contributed by atoms with E-state index in [0.717, 1.165) is 40.4 Å². The van der Waals surface area contributed by atoms with Crippen molar-refractivity contribution in [2.75, 3.05) is 0 Å². The third-order valence-corrected chi connectivity index (χ3v) is 5.88. The predicted molar refractivity (Wildman–Crippen MR) is 107 cm³/mol. The van der Waals surface area contributed by atoms with Gasteiger partial charge in [-0.2, -0.15) is 10.2 Å². The number of carbonyl (C=O) groups is 1. The maximum absolute atomic E-state index is 12.6. The van der Waals surface area contributed by atoms with Gasteiger partial charge >= 0.3 is 0 Å². The molecule has 2 atom stereocenters. The number of primary amides is 1. The zero-order chi connectivity index (χ0) is 18.7. The Morgan fingerprint density at radius 3 is 2.54 bits per heavy atom. The van der Waals surface area contributed by atoms with Crippen LogP contribution in [0.3, 0.4) is 0 Å². The molecule has 5 nitrogen and oxygen atoms in total. The molecule has 0 radical (unpaired) electrons. The summed E-state index contributed by atoms with van der Waals surface area (Å²) in [6.07, 6.45) is 4.35. The van der Waals surface area contributed by atoms with Crippen LogP contribution in [-0.4, -0.2) is 22.3 Å². The predicted octanol–water partition coefficient (Wildman–Crippen LogP) is 3.86. The van der Waals surface area contributed by atoms with Crippen LogP contribution < -0.4 is 5.73 Å². The number of thiazole rings is 1. The van der Waals surface area contributed by atoms with Crippen molar-refractivity contribution in [3.8, 4) is 0 Å². The number of aryl methyl sites for hydroxylation is 1. The molecule has 0 saturated carbocycles. The van der Waals surface area contributed by atoms with Gasteiger partial charge in [0.05, 0.1) is 17.0 Å². The van der Waals surface area contributed by atoms with Gasteiger partial charge in [0, 0.05) is 11.6 Å². The van der Waals surface area contributed by atoms with Crippen molar-refractivity contribution in [1.29, 1.82) is 0 Å². The molecule has 0 spiro atoms. The third-order valence-electron chi connectivity index (χ3n) is 5.10. The first-order valence-corrected chi connectivity index (χ1v) is 9.79. The van der Waals surface area contributed by atoms with Crippen molar-refractivity contribution in [1.82, 2.24) is 4.98 Å². The fourth-order valence-corrected chi connectivity index (χ4v) is 4.45. The Morgan fingerprint density at radius 1 is 1.23 bits per heavy atom. The van der Waals surface area contributed by atoms with Crippen molar-refractivity contribution < 1.29 is 4.79 Å². The lowest BCUT2D eigenvalue weighted by Crippen LogP contribution is -2.52.